The van der Waals surface area contributed by atoms with Crippen LogP contribution in [0.1, 0.15) is 18.4 Å². The predicted octanol–water partition coefficient (Wildman–Crippen LogP) is 2.59. The third kappa shape index (κ3) is 4.44. The average Bonchev–Trinajstić information content (AvgIpc) is 2.90. The molecule has 6 nitrogen and oxygen atoms in total. The molecule has 0 spiro atoms. The maximum Gasteiger partial charge on any atom is 0.303 e. The fourth-order valence-corrected chi connectivity index (χ4v) is 4.22. The van der Waals surface area contributed by atoms with Gasteiger partial charge in [-0.15, -0.1) is 0 Å². The van der Waals surface area contributed by atoms with Crippen LogP contribution in [-0.4, -0.2) is 59.1 Å². The molecule has 0 atom stereocenters. The maximum absolute atomic E-state index is 12.7. The second-order valence-electron chi connectivity index (χ2n) is 5.99. The molecule has 0 aliphatic carbocycles. The topological polar surface area (TPSA) is 70.1 Å². The predicted molar refractivity (Wildman–Crippen MR) is 106 cm³/mol. The lowest BCUT2D eigenvalue weighted by molar-refractivity contribution is -0.137. The van der Waals surface area contributed by atoms with E-state index in [-0.39, 0.29) is 12.3 Å². The Morgan fingerprint density at radius 2 is 2.04 bits per heavy atom. The van der Waals surface area contributed by atoms with Gasteiger partial charge in [0.15, 0.2) is 0 Å². The van der Waals surface area contributed by atoms with Gasteiger partial charge < -0.3 is 14.7 Å². The molecule has 2 fully saturated rings. The van der Waals surface area contributed by atoms with Crippen molar-refractivity contribution in [2.24, 2.45) is 0 Å². The number of thioether (sulfide) groups is 1. The number of rotatable bonds is 6. The molecule has 2 heterocycles. The Labute approximate surface area is 161 Å². The number of morpholine rings is 1. The van der Waals surface area contributed by atoms with Crippen LogP contribution >= 0.6 is 24.0 Å². The number of anilines is 1. The van der Waals surface area contributed by atoms with E-state index in [2.05, 4.69) is 4.90 Å². The van der Waals surface area contributed by atoms with Gasteiger partial charge in [0.2, 0.25) is 0 Å². The van der Waals surface area contributed by atoms with E-state index in [1.165, 1.54) is 16.7 Å². The number of nitrogens with zero attached hydrogens (tertiary/aromatic N) is 2. The minimum Gasteiger partial charge on any atom is -0.481 e. The van der Waals surface area contributed by atoms with Crippen molar-refractivity contribution in [1.82, 2.24) is 4.90 Å². The third-order valence-electron chi connectivity index (χ3n) is 4.22. The number of hydrogen-bond acceptors (Lipinski definition) is 6. The van der Waals surface area contributed by atoms with E-state index < -0.39 is 5.97 Å². The molecule has 1 amide bonds. The summed E-state index contributed by atoms with van der Waals surface area (Å²) in [6.07, 6.45) is 2.29. The van der Waals surface area contributed by atoms with E-state index in [1.807, 2.05) is 30.3 Å². The Hall–Kier alpha value is -1.90. The van der Waals surface area contributed by atoms with Crippen LogP contribution in [-0.2, 0) is 14.3 Å². The van der Waals surface area contributed by atoms with Crippen molar-refractivity contribution < 1.29 is 19.4 Å². The Balaban J connectivity index is 1.77. The van der Waals surface area contributed by atoms with Crippen LogP contribution in [0.15, 0.2) is 29.2 Å². The highest BCUT2D eigenvalue weighted by Gasteiger charge is 2.32. The number of benzene rings is 1. The number of carbonyl (C=O) groups excluding carboxylic acids is 1. The lowest BCUT2D eigenvalue weighted by Crippen LogP contribution is -2.36. The molecule has 8 heteroatoms. The highest BCUT2D eigenvalue weighted by atomic mass is 32.2. The smallest absolute Gasteiger partial charge is 0.303 e. The first-order chi connectivity index (χ1) is 12.6. The summed E-state index contributed by atoms with van der Waals surface area (Å²) in [6, 6.07) is 7.97. The highest BCUT2D eigenvalue weighted by molar-refractivity contribution is 8.26. The van der Waals surface area contributed by atoms with E-state index in [0.717, 1.165) is 24.3 Å². The van der Waals surface area contributed by atoms with Crippen LogP contribution in [0, 0.1) is 0 Å². The summed E-state index contributed by atoms with van der Waals surface area (Å²) in [5.74, 6) is -1.02. The van der Waals surface area contributed by atoms with E-state index in [1.54, 1.807) is 0 Å². The Kier molecular flexibility index (Phi) is 6.29. The molecular formula is C18H20N2O4S2. The quantitative estimate of drug-likeness (QED) is 0.589. The van der Waals surface area contributed by atoms with Crippen molar-refractivity contribution >= 4 is 51.9 Å². The summed E-state index contributed by atoms with van der Waals surface area (Å²) in [4.78, 5) is 27.6. The van der Waals surface area contributed by atoms with Gasteiger partial charge in [0.05, 0.1) is 18.1 Å². The number of ether oxygens (including phenoxy) is 1. The van der Waals surface area contributed by atoms with Gasteiger partial charge in [-0.25, -0.2) is 0 Å². The number of carbonyl (C=O) groups is 2. The highest BCUT2D eigenvalue weighted by Crippen LogP contribution is 2.34. The SMILES string of the molecule is O=C(O)CCCN1C(=O)C(=Cc2ccccc2N2CCOCC2)SC1=S. The molecule has 1 aromatic carbocycles. The lowest BCUT2D eigenvalue weighted by atomic mass is 10.1. The molecule has 0 radical (unpaired) electrons. The van der Waals surface area contributed by atoms with Gasteiger partial charge in [0, 0.05) is 31.7 Å². The van der Waals surface area contributed by atoms with E-state index in [4.69, 9.17) is 22.1 Å². The number of amides is 1. The summed E-state index contributed by atoms with van der Waals surface area (Å²) in [6.45, 7) is 3.36. The van der Waals surface area contributed by atoms with Gasteiger partial charge in [0.1, 0.15) is 4.32 Å². The number of aliphatic carboxylic acids is 1. The first kappa shape index (κ1) is 18.9. The van der Waals surface area contributed by atoms with Crippen LogP contribution in [0.2, 0.25) is 0 Å². The minimum absolute atomic E-state index is 0.0238. The number of carboxylic acid groups (broad SMARTS) is 1. The van der Waals surface area contributed by atoms with Crippen molar-refractivity contribution in [2.45, 2.75) is 12.8 Å². The van der Waals surface area contributed by atoms with Crippen LogP contribution in [0.5, 0.6) is 0 Å². The van der Waals surface area contributed by atoms with Crippen molar-refractivity contribution in [2.75, 3.05) is 37.7 Å². The molecule has 138 valence electrons. The second-order valence-corrected chi connectivity index (χ2v) is 7.66. The molecule has 0 aromatic heterocycles. The monoisotopic (exact) mass is 392 g/mol. The molecule has 1 aromatic rings. The first-order valence-electron chi connectivity index (χ1n) is 8.45. The Morgan fingerprint density at radius 1 is 1.31 bits per heavy atom. The van der Waals surface area contributed by atoms with Crippen molar-refractivity contribution in [3.63, 3.8) is 0 Å². The standard InChI is InChI=1S/C18H20N2O4S2/c21-16(22)6-3-7-20-17(23)15(26-18(20)25)12-13-4-1-2-5-14(13)19-8-10-24-11-9-19/h1-2,4-5,12H,3,6-11H2,(H,21,22). The molecule has 0 saturated carbocycles. The zero-order valence-electron chi connectivity index (χ0n) is 14.2. The van der Waals surface area contributed by atoms with Crippen LogP contribution < -0.4 is 4.90 Å². The van der Waals surface area contributed by atoms with E-state index >= 15 is 0 Å². The molecule has 2 saturated heterocycles. The molecule has 3 rings (SSSR count). The van der Waals surface area contributed by atoms with Gasteiger partial charge in [-0.1, -0.05) is 42.2 Å². The molecule has 0 unspecified atom stereocenters. The van der Waals surface area contributed by atoms with Crippen molar-refractivity contribution in [1.29, 1.82) is 0 Å². The van der Waals surface area contributed by atoms with Gasteiger partial charge >= 0.3 is 5.97 Å². The zero-order chi connectivity index (χ0) is 18.5. The summed E-state index contributed by atoms with van der Waals surface area (Å²) >= 11 is 6.57. The lowest BCUT2D eigenvalue weighted by Gasteiger charge is -2.30. The van der Waals surface area contributed by atoms with Gasteiger partial charge in [-0.05, 0) is 24.1 Å². The maximum atomic E-state index is 12.7. The fraction of sp³-hybridized carbons (Fsp3) is 0.389. The van der Waals surface area contributed by atoms with Crippen LogP contribution in [0.3, 0.4) is 0 Å². The molecular weight excluding hydrogens is 372 g/mol. The van der Waals surface area contributed by atoms with E-state index in [0.29, 0.717) is 35.4 Å². The molecule has 26 heavy (non-hydrogen) atoms. The average molecular weight is 393 g/mol. The van der Waals surface area contributed by atoms with Gasteiger partial charge in [0.25, 0.3) is 5.91 Å². The van der Waals surface area contributed by atoms with Crippen LogP contribution in [0.4, 0.5) is 5.69 Å². The second kappa shape index (κ2) is 8.66. The largest absolute Gasteiger partial charge is 0.481 e. The minimum atomic E-state index is -0.870. The number of hydrogen-bond donors (Lipinski definition) is 1. The van der Waals surface area contributed by atoms with Crippen molar-refractivity contribution in [3.8, 4) is 0 Å². The summed E-state index contributed by atoms with van der Waals surface area (Å²) in [5.41, 5.74) is 2.05. The van der Waals surface area contributed by atoms with E-state index in [9.17, 15) is 9.59 Å². The molecule has 2 aliphatic rings. The first-order valence-corrected chi connectivity index (χ1v) is 9.67. The summed E-state index contributed by atoms with van der Waals surface area (Å²) in [7, 11) is 0. The Bertz CT molecular complexity index is 744. The molecule has 0 bridgehead atoms. The number of para-hydroxylation sites is 1. The zero-order valence-corrected chi connectivity index (χ0v) is 15.9. The van der Waals surface area contributed by atoms with Crippen molar-refractivity contribution in [3.05, 3.63) is 34.7 Å². The Morgan fingerprint density at radius 3 is 2.77 bits per heavy atom. The third-order valence-corrected chi connectivity index (χ3v) is 5.60. The normalized spacial score (nSPS) is 19.5. The van der Waals surface area contributed by atoms with Gasteiger partial charge in [-0.3, -0.25) is 14.5 Å². The molecule has 1 N–H and O–H groups in total. The van der Waals surface area contributed by atoms with Gasteiger partial charge in [-0.2, -0.15) is 0 Å². The number of thiocarbonyl (C=S) groups is 1. The summed E-state index contributed by atoms with van der Waals surface area (Å²) < 4.78 is 5.90. The molecule has 2 aliphatic heterocycles. The number of carboxylic acids is 1. The fourth-order valence-electron chi connectivity index (χ4n) is 2.92. The summed E-state index contributed by atoms with van der Waals surface area (Å²) in [5, 5.41) is 8.75. The van der Waals surface area contributed by atoms with Crippen LogP contribution in [0.25, 0.3) is 6.08 Å².